The molecule has 1 radical (unpaired) electrons. The lowest BCUT2D eigenvalue weighted by Gasteiger charge is -2.21. The van der Waals surface area contributed by atoms with Crippen LogP contribution in [-0.4, -0.2) is 22.9 Å². The van der Waals surface area contributed by atoms with E-state index in [0.29, 0.717) is 6.04 Å². The molecule has 3 heterocycles. The van der Waals surface area contributed by atoms with E-state index in [4.69, 9.17) is 0 Å². The highest BCUT2D eigenvalue weighted by molar-refractivity contribution is 7.08. The van der Waals surface area contributed by atoms with Crippen molar-refractivity contribution in [2.45, 2.75) is 18.9 Å². The summed E-state index contributed by atoms with van der Waals surface area (Å²) in [6, 6.07) is 2.69. The van der Waals surface area contributed by atoms with Gasteiger partial charge in [-0.15, -0.1) is 0 Å². The molecule has 1 aliphatic rings. The smallest absolute Gasteiger partial charge is 0.0568 e. The third-order valence-electron chi connectivity index (χ3n) is 3.07. The summed E-state index contributed by atoms with van der Waals surface area (Å²) in [4.78, 5) is 0. The van der Waals surface area contributed by atoms with E-state index in [9.17, 15) is 0 Å². The first-order valence-electron chi connectivity index (χ1n) is 5.63. The first kappa shape index (κ1) is 10.1. The summed E-state index contributed by atoms with van der Waals surface area (Å²) in [7, 11) is 0. The van der Waals surface area contributed by atoms with Gasteiger partial charge in [-0.3, -0.25) is 4.68 Å². The van der Waals surface area contributed by atoms with Crippen molar-refractivity contribution < 1.29 is 0 Å². The van der Waals surface area contributed by atoms with E-state index >= 15 is 0 Å². The Morgan fingerprint density at radius 2 is 2.12 bits per heavy atom. The molecule has 3 rings (SSSR count). The van der Waals surface area contributed by atoms with Crippen molar-refractivity contribution in [2.75, 3.05) is 13.1 Å². The summed E-state index contributed by atoms with van der Waals surface area (Å²) >= 11 is 1.73. The van der Waals surface area contributed by atoms with Gasteiger partial charge in [0.2, 0.25) is 0 Å². The zero-order valence-electron chi connectivity index (χ0n) is 9.04. The Morgan fingerprint density at radius 3 is 2.88 bits per heavy atom. The third kappa shape index (κ3) is 1.90. The molecule has 4 heteroatoms. The van der Waals surface area contributed by atoms with Crippen molar-refractivity contribution in [2.24, 2.45) is 0 Å². The summed E-state index contributed by atoms with van der Waals surface area (Å²) in [5, 5.41) is 13.1. The molecule has 0 unspecified atom stereocenters. The van der Waals surface area contributed by atoms with E-state index in [1.54, 1.807) is 11.3 Å². The average Bonchev–Trinajstić information content (AvgIpc) is 3.01. The largest absolute Gasteiger partial charge is 0.269 e. The highest BCUT2D eigenvalue weighted by Crippen LogP contribution is 2.24. The van der Waals surface area contributed by atoms with Crippen molar-refractivity contribution >= 4 is 11.3 Å². The lowest BCUT2D eigenvalue weighted by molar-refractivity contribution is 0.339. The van der Waals surface area contributed by atoms with Gasteiger partial charge in [-0.2, -0.15) is 16.4 Å². The molecule has 1 fully saturated rings. The standard InChI is InChI=1S/C12H14N3S/c1-4-13-5-2-12(1)15-8-11(7-14-15)10-3-6-16-9-10/h3,6-9,12H,1-2,4-5H2. The fourth-order valence-corrected chi connectivity index (χ4v) is 2.78. The fraction of sp³-hybridized carbons (Fsp3) is 0.417. The van der Waals surface area contributed by atoms with Crippen LogP contribution in [0.15, 0.2) is 29.2 Å². The fourth-order valence-electron chi connectivity index (χ4n) is 2.12. The molecular formula is C12H14N3S. The van der Waals surface area contributed by atoms with Gasteiger partial charge in [0, 0.05) is 24.8 Å². The minimum absolute atomic E-state index is 0.546. The van der Waals surface area contributed by atoms with Gasteiger partial charge in [0.25, 0.3) is 0 Å². The molecule has 16 heavy (non-hydrogen) atoms. The van der Waals surface area contributed by atoms with E-state index < -0.39 is 0 Å². The average molecular weight is 232 g/mol. The highest BCUT2D eigenvalue weighted by Gasteiger charge is 2.16. The number of nitrogens with zero attached hydrogens (tertiary/aromatic N) is 3. The van der Waals surface area contributed by atoms with Crippen LogP contribution >= 0.6 is 11.3 Å². The van der Waals surface area contributed by atoms with Crippen LogP contribution in [-0.2, 0) is 0 Å². The van der Waals surface area contributed by atoms with Crippen LogP contribution in [0.2, 0.25) is 0 Å². The van der Waals surface area contributed by atoms with Gasteiger partial charge in [-0.1, -0.05) is 0 Å². The number of piperidine rings is 1. The Kier molecular flexibility index (Phi) is 2.76. The van der Waals surface area contributed by atoms with Gasteiger partial charge in [-0.25, -0.2) is 5.32 Å². The maximum absolute atomic E-state index is 4.48. The molecule has 2 aromatic heterocycles. The second kappa shape index (κ2) is 4.39. The molecule has 3 nitrogen and oxygen atoms in total. The van der Waals surface area contributed by atoms with Gasteiger partial charge in [0.1, 0.15) is 0 Å². The number of aromatic nitrogens is 2. The summed E-state index contributed by atoms with van der Waals surface area (Å²) < 4.78 is 2.11. The summed E-state index contributed by atoms with van der Waals surface area (Å²) in [5.41, 5.74) is 2.50. The Bertz CT molecular complexity index is 441. The number of hydrogen-bond donors (Lipinski definition) is 0. The number of rotatable bonds is 2. The normalized spacial score (nSPS) is 17.8. The molecule has 1 saturated heterocycles. The molecule has 0 atom stereocenters. The lowest BCUT2D eigenvalue weighted by atomic mass is 10.1. The zero-order valence-corrected chi connectivity index (χ0v) is 9.86. The van der Waals surface area contributed by atoms with Gasteiger partial charge in [-0.05, 0) is 35.2 Å². The lowest BCUT2D eigenvalue weighted by Crippen LogP contribution is -2.24. The van der Waals surface area contributed by atoms with Crippen molar-refractivity contribution in [3.05, 3.63) is 29.2 Å². The van der Waals surface area contributed by atoms with Crippen molar-refractivity contribution in [3.8, 4) is 11.1 Å². The van der Waals surface area contributed by atoms with E-state index in [-0.39, 0.29) is 0 Å². The van der Waals surface area contributed by atoms with Crippen molar-refractivity contribution in [1.82, 2.24) is 15.1 Å². The summed E-state index contributed by atoms with van der Waals surface area (Å²) in [6.45, 7) is 1.97. The van der Waals surface area contributed by atoms with Gasteiger partial charge >= 0.3 is 0 Å². The molecule has 0 bridgehead atoms. The van der Waals surface area contributed by atoms with Crippen LogP contribution in [0.25, 0.3) is 11.1 Å². The van der Waals surface area contributed by atoms with Crippen LogP contribution in [0.1, 0.15) is 18.9 Å². The number of thiophene rings is 1. The van der Waals surface area contributed by atoms with E-state index in [0.717, 1.165) is 25.9 Å². The molecule has 83 valence electrons. The van der Waals surface area contributed by atoms with Crippen molar-refractivity contribution in [1.29, 1.82) is 0 Å². The Hall–Kier alpha value is -1.13. The zero-order chi connectivity index (χ0) is 10.8. The molecule has 2 aromatic rings. The summed E-state index contributed by atoms with van der Waals surface area (Å²) in [5.74, 6) is 0. The predicted molar refractivity (Wildman–Crippen MR) is 65.7 cm³/mol. The van der Waals surface area contributed by atoms with E-state index in [1.165, 1.54) is 11.1 Å². The van der Waals surface area contributed by atoms with Crippen LogP contribution in [0.5, 0.6) is 0 Å². The topological polar surface area (TPSA) is 31.9 Å². The molecule has 0 aliphatic carbocycles. The minimum Gasteiger partial charge on any atom is -0.269 e. The number of hydrogen-bond acceptors (Lipinski definition) is 2. The molecule has 0 spiro atoms. The molecule has 0 saturated carbocycles. The first-order chi connectivity index (χ1) is 7.93. The van der Waals surface area contributed by atoms with Crippen LogP contribution in [0, 0.1) is 0 Å². The van der Waals surface area contributed by atoms with Crippen LogP contribution in [0.4, 0.5) is 0 Å². The third-order valence-corrected chi connectivity index (χ3v) is 3.75. The molecule has 0 amide bonds. The second-order valence-electron chi connectivity index (χ2n) is 4.12. The van der Waals surface area contributed by atoms with E-state index in [2.05, 4.69) is 38.1 Å². The Labute approximate surface area is 99.1 Å². The molecule has 0 N–H and O–H groups in total. The van der Waals surface area contributed by atoms with Crippen LogP contribution < -0.4 is 5.32 Å². The highest BCUT2D eigenvalue weighted by atomic mass is 32.1. The van der Waals surface area contributed by atoms with Crippen molar-refractivity contribution in [3.63, 3.8) is 0 Å². The Balaban J connectivity index is 1.82. The maximum Gasteiger partial charge on any atom is 0.0568 e. The monoisotopic (exact) mass is 232 g/mol. The predicted octanol–water partition coefficient (Wildman–Crippen LogP) is 2.55. The Morgan fingerprint density at radius 1 is 1.25 bits per heavy atom. The van der Waals surface area contributed by atoms with Crippen LogP contribution in [0.3, 0.4) is 0 Å². The molecular weight excluding hydrogens is 218 g/mol. The SMILES string of the molecule is c1cc(-c2cnn(C3CC[N]CC3)c2)cs1. The van der Waals surface area contributed by atoms with Gasteiger partial charge in [0.05, 0.1) is 12.2 Å². The van der Waals surface area contributed by atoms with Gasteiger partial charge < -0.3 is 0 Å². The quantitative estimate of drug-likeness (QED) is 0.783. The maximum atomic E-state index is 4.48. The molecule has 0 aromatic carbocycles. The minimum atomic E-state index is 0.546. The second-order valence-corrected chi connectivity index (χ2v) is 4.90. The summed E-state index contributed by atoms with van der Waals surface area (Å²) in [6.07, 6.45) is 6.39. The molecule has 1 aliphatic heterocycles. The first-order valence-corrected chi connectivity index (χ1v) is 6.58. The van der Waals surface area contributed by atoms with Gasteiger partial charge in [0.15, 0.2) is 0 Å². The van der Waals surface area contributed by atoms with E-state index in [1.807, 2.05) is 6.20 Å².